The smallest absolute Gasteiger partial charge is 0.303 e. The minimum absolute atomic E-state index is 0.0187. The van der Waals surface area contributed by atoms with E-state index in [9.17, 15) is 9.59 Å². The fourth-order valence-electron chi connectivity index (χ4n) is 1.97. The van der Waals surface area contributed by atoms with E-state index in [1.165, 1.54) is 0 Å². The highest BCUT2D eigenvalue weighted by Crippen LogP contribution is 2.00. The van der Waals surface area contributed by atoms with E-state index in [4.69, 9.17) is 5.11 Å². The van der Waals surface area contributed by atoms with Gasteiger partial charge in [0.2, 0.25) is 0 Å². The Hall–Kier alpha value is -2.16. The summed E-state index contributed by atoms with van der Waals surface area (Å²) in [4.78, 5) is 21.7. The largest absolute Gasteiger partial charge is 0.481 e. The molecule has 0 aliphatic heterocycles. The van der Waals surface area contributed by atoms with Crippen molar-refractivity contribution in [3.63, 3.8) is 0 Å². The lowest BCUT2D eigenvalue weighted by Crippen LogP contribution is -2.01. The van der Waals surface area contributed by atoms with Crippen molar-refractivity contribution in [2.45, 2.75) is 64.7 Å². The molecule has 0 spiro atoms. The Bertz CT molecular complexity index is 493. The zero-order chi connectivity index (χ0) is 18.6. The number of aliphatic carboxylic acids is 1. The van der Waals surface area contributed by atoms with Crippen LogP contribution >= 0.6 is 0 Å². The first kappa shape index (κ1) is 22.8. The molecule has 0 rings (SSSR count). The van der Waals surface area contributed by atoms with Crippen molar-refractivity contribution in [3.8, 4) is 0 Å². The van der Waals surface area contributed by atoms with E-state index < -0.39 is 5.97 Å². The first-order valence-corrected chi connectivity index (χ1v) is 9.15. The molecular formula is C22H32O3. The van der Waals surface area contributed by atoms with Gasteiger partial charge in [-0.25, -0.2) is 0 Å². The third-order valence-corrected chi connectivity index (χ3v) is 3.35. The zero-order valence-electron chi connectivity index (χ0n) is 15.4. The highest BCUT2D eigenvalue weighted by molar-refractivity contribution is 5.83. The maximum Gasteiger partial charge on any atom is 0.303 e. The van der Waals surface area contributed by atoms with Crippen molar-refractivity contribution in [1.82, 2.24) is 0 Å². The molecule has 0 fully saturated rings. The third-order valence-electron chi connectivity index (χ3n) is 3.35. The summed E-state index contributed by atoms with van der Waals surface area (Å²) in [5.74, 6) is -0.938. The van der Waals surface area contributed by atoms with Gasteiger partial charge in [0.15, 0.2) is 0 Å². The van der Waals surface area contributed by atoms with E-state index in [0.717, 1.165) is 38.5 Å². The summed E-state index contributed by atoms with van der Waals surface area (Å²) in [5.41, 5.74) is 0. The van der Waals surface area contributed by atoms with Crippen LogP contribution in [0.5, 0.6) is 0 Å². The molecule has 0 saturated carbocycles. The minimum atomic E-state index is -0.920. The van der Waals surface area contributed by atoms with Crippen LogP contribution in [0.2, 0.25) is 0 Å². The summed E-state index contributed by atoms with van der Waals surface area (Å²) in [6, 6.07) is 0. The predicted octanol–water partition coefficient (Wildman–Crippen LogP) is 5.95. The average Bonchev–Trinajstić information content (AvgIpc) is 2.59. The molecule has 0 aromatic carbocycles. The first-order valence-electron chi connectivity index (χ1n) is 9.15. The Morgan fingerprint density at radius 3 is 1.68 bits per heavy atom. The molecule has 0 aliphatic carbocycles. The summed E-state index contributed by atoms with van der Waals surface area (Å²) in [7, 11) is 0. The highest BCUT2D eigenvalue weighted by Gasteiger charge is 2.02. The number of hydrogen-bond donors (Lipinski definition) is 1. The standard InChI is InChI=1S/C22H32O3/c1-2-3-4-5-6-7-8-9-10-11-12-13-14-15-16-17-18-21(23)19-20-22(24)25/h3-4,6-7,9-10,12-13,16-17H,2,5,8,11,14-15,18-20H2,1H3,(H,24,25)/b4-3-,7-6-,10-9-,13-12-,17-16+. The van der Waals surface area contributed by atoms with Crippen LogP contribution in [0.25, 0.3) is 0 Å². The molecule has 3 nitrogen and oxygen atoms in total. The number of carboxylic acid groups (broad SMARTS) is 1. The Morgan fingerprint density at radius 2 is 1.16 bits per heavy atom. The van der Waals surface area contributed by atoms with E-state index in [0.29, 0.717) is 6.42 Å². The summed E-state index contributed by atoms with van der Waals surface area (Å²) < 4.78 is 0. The quantitative estimate of drug-likeness (QED) is 0.295. The fraction of sp³-hybridized carbons (Fsp3) is 0.455. The van der Waals surface area contributed by atoms with Crippen LogP contribution in [0.4, 0.5) is 0 Å². The lowest BCUT2D eigenvalue weighted by atomic mass is 10.1. The number of ketones is 1. The molecule has 138 valence electrons. The minimum Gasteiger partial charge on any atom is -0.481 e. The van der Waals surface area contributed by atoms with Gasteiger partial charge in [-0.2, -0.15) is 0 Å². The van der Waals surface area contributed by atoms with E-state index >= 15 is 0 Å². The molecule has 3 heteroatoms. The molecular weight excluding hydrogens is 312 g/mol. The normalized spacial score (nSPS) is 12.5. The second-order valence-electron chi connectivity index (χ2n) is 5.69. The van der Waals surface area contributed by atoms with Gasteiger partial charge in [0.05, 0.1) is 6.42 Å². The van der Waals surface area contributed by atoms with Crippen LogP contribution in [0.15, 0.2) is 60.8 Å². The van der Waals surface area contributed by atoms with Crippen LogP contribution < -0.4 is 0 Å². The van der Waals surface area contributed by atoms with Crippen LogP contribution in [-0.2, 0) is 9.59 Å². The molecule has 0 amide bonds. The van der Waals surface area contributed by atoms with Crippen molar-refractivity contribution in [2.24, 2.45) is 0 Å². The first-order chi connectivity index (χ1) is 12.2. The number of Topliss-reactive ketones (excluding diaryl/α,β-unsaturated/α-hetero) is 1. The van der Waals surface area contributed by atoms with Crippen LogP contribution in [0, 0.1) is 0 Å². The van der Waals surface area contributed by atoms with Gasteiger partial charge in [-0.3, -0.25) is 9.59 Å². The molecule has 0 heterocycles. The monoisotopic (exact) mass is 344 g/mol. The number of carbonyl (C=O) groups is 2. The van der Waals surface area contributed by atoms with Gasteiger partial charge in [-0.05, 0) is 38.5 Å². The van der Waals surface area contributed by atoms with E-state index in [-0.39, 0.29) is 18.6 Å². The van der Waals surface area contributed by atoms with Gasteiger partial charge < -0.3 is 5.11 Å². The average molecular weight is 344 g/mol. The summed E-state index contributed by atoms with van der Waals surface area (Å²) in [6.45, 7) is 2.14. The van der Waals surface area contributed by atoms with Crippen molar-refractivity contribution >= 4 is 11.8 Å². The van der Waals surface area contributed by atoms with Gasteiger partial charge in [0, 0.05) is 12.8 Å². The number of carbonyl (C=O) groups excluding carboxylic acids is 1. The number of rotatable bonds is 15. The number of allylic oxidation sites excluding steroid dienone is 10. The van der Waals surface area contributed by atoms with Crippen molar-refractivity contribution in [1.29, 1.82) is 0 Å². The molecule has 0 aromatic heterocycles. The molecule has 0 atom stereocenters. The van der Waals surface area contributed by atoms with Gasteiger partial charge in [-0.15, -0.1) is 0 Å². The second kappa shape index (κ2) is 18.2. The molecule has 1 N–H and O–H groups in total. The molecule has 0 aliphatic rings. The molecule has 0 unspecified atom stereocenters. The van der Waals surface area contributed by atoms with Crippen molar-refractivity contribution < 1.29 is 14.7 Å². The summed E-state index contributed by atoms with van der Waals surface area (Å²) in [5, 5.41) is 8.49. The fourth-order valence-corrected chi connectivity index (χ4v) is 1.97. The van der Waals surface area contributed by atoms with Gasteiger partial charge in [0.1, 0.15) is 5.78 Å². The number of carboxylic acids is 1. The molecule has 25 heavy (non-hydrogen) atoms. The highest BCUT2D eigenvalue weighted by atomic mass is 16.4. The topological polar surface area (TPSA) is 54.4 Å². The van der Waals surface area contributed by atoms with E-state index in [1.54, 1.807) is 0 Å². The molecule has 0 radical (unpaired) electrons. The van der Waals surface area contributed by atoms with Crippen LogP contribution in [0.3, 0.4) is 0 Å². The third kappa shape index (κ3) is 19.8. The van der Waals surface area contributed by atoms with E-state index in [2.05, 4.69) is 55.5 Å². The number of unbranched alkanes of at least 4 members (excludes halogenated alkanes) is 1. The van der Waals surface area contributed by atoms with Crippen molar-refractivity contribution in [3.05, 3.63) is 60.8 Å². The Balaban J connectivity index is 3.55. The van der Waals surface area contributed by atoms with Gasteiger partial charge in [-0.1, -0.05) is 67.7 Å². The van der Waals surface area contributed by atoms with Crippen LogP contribution in [0.1, 0.15) is 64.7 Å². The Morgan fingerprint density at radius 1 is 0.680 bits per heavy atom. The number of hydrogen-bond acceptors (Lipinski definition) is 2. The lowest BCUT2D eigenvalue weighted by molar-refractivity contribution is -0.138. The molecule has 0 aromatic rings. The summed E-state index contributed by atoms with van der Waals surface area (Å²) >= 11 is 0. The van der Waals surface area contributed by atoms with Crippen LogP contribution in [-0.4, -0.2) is 16.9 Å². The molecule has 0 saturated heterocycles. The van der Waals surface area contributed by atoms with Gasteiger partial charge >= 0.3 is 5.97 Å². The van der Waals surface area contributed by atoms with E-state index in [1.807, 2.05) is 12.2 Å². The summed E-state index contributed by atoms with van der Waals surface area (Å²) in [6.07, 6.45) is 27.5. The lowest BCUT2D eigenvalue weighted by Gasteiger charge is -1.93. The second-order valence-corrected chi connectivity index (χ2v) is 5.69. The Kier molecular flexibility index (Phi) is 16.6. The SMILES string of the molecule is CC/C=C\C/C=C\C/C=C\C/C=C\CC/C=C/CC(=O)CCC(=O)O. The molecule has 0 bridgehead atoms. The van der Waals surface area contributed by atoms with Crippen molar-refractivity contribution in [2.75, 3.05) is 0 Å². The maximum atomic E-state index is 11.4. The maximum absolute atomic E-state index is 11.4. The predicted molar refractivity (Wildman–Crippen MR) is 106 cm³/mol. The van der Waals surface area contributed by atoms with Gasteiger partial charge in [0.25, 0.3) is 0 Å². The Labute approximate surface area is 152 Å². The zero-order valence-corrected chi connectivity index (χ0v) is 15.4.